The van der Waals surface area contributed by atoms with Crippen LogP contribution in [0, 0.1) is 5.82 Å². The largest absolute Gasteiger partial charge is 0.404 e. The molecule has 3 heterocycles. The van der Waals surface area contributed by atoms with E-state index in [1.54, 1.807) is 12.1 Å². The zero-order valence-electron chi connectivity index (χ0n) is 14.6. The summed E-state index contributed by atoms with van der Waals surface area (Å²) < 4.78 is 20.5. The van der Waals surface area contributed by atoms with Gasteiger partial charge in [0.1, 0.15) is 11.5 Å². The van der Waals surface area contributed by atoms with Gasteiger partial charge >= 0.3 is 6.01 Å². The topological polar surface area (TPSA) is 82.2 Å². The molecule has 136 valence electrons. The Balaban J connectivity index is 1.56. The molecule has 0 aliphatic heterocycles. The molecule has 0 spiro atoms. The number of anilines is 1. The fourth-order valence-corrected chi connectivity index (χ4v) is 3.18. The van der Waals surface area contributed by atoms with Crippen LogP contribution in [0.15, 0.2) is 77.5 Å². The second-order valence-corrected chi connectivity index (χ2v) is 6.32. The van der Waals surface area contributed by atoms with Crippen LogP contribution in [-0.2, 0) is 0 Å². The van der Waals surface area contributed by atoms with Crippen molar-refractivity contribution in [2.45, 2.75) is 0 Å². The van der Waals surface area contributed by atoms with Crippen LogP contribution >= 0.6 is 0 Å². The molecular weight excluding hydrogens is 357 g/mol. The Hall–Kier alpha value is -4.00. The maximum Gasteiger partial charge on any atom is 0.313 e. The van der Waals surface area contributed by atoms with E-state index in [1.807, 2.05) is 53.2 Å². The number of hydrogen-bond acceptors (Lipinski definition) is 5. The summed E-state index contributed by atoms with van der Waals surface area (Å²) in [5.41, 5.74) is 10.9. The van der Waals surface area contributed by atoms with Gasteiger partial charge in [-0.3, -0.25) is 4.40 Å². The first kappa shape index (κ1) is 16.2. The number of pyridine rings is 1. The highest BCUT2D eigenvalue weighted by atomic mass is 19.1. The van der Waals surface area contributed by atoms with E-state index in [1.165, 1.54) is 12.1 Å². The molecule has 7 heteroatoms. The van der Waals surface area contributed by atoms with Gasteiger partial charge in [-0.25, -0.2) is 9.37 Å². The van der Waals surface area contributed by atoms with E-state index in [9.17, 15) is 4.39 Å². The molecule has 5 aromatic rings. The number of benzene rings is 2. The molecule has 3 aromatic heterocycles. The van der Waals surface area contributed by atoms with Crippen molar-refractivity contribution in [3.63, 3.8) is 0 Å². The van der Waals surface area contributed by atoms with Crippen molar-refractivity contribution in [1.29, 1.82) is 0 Å². The fourth-order valence-electron chi connectivity index (χ4n) is 3.18. The number of hydrogen-bond donors (Lipinski definition) is 1. The predicted molar refractivity (Wildman–Crippen MR) is 104 cm³/mol. The standard InChI is InChI=1S/C21H14FN5O/c22-17-6-4-13(5-7-17)14-8-9-27-18(12-24-19(27)11-14)15-2-1-3-16(10-15)20-25-26-21(23)28-20/h1-12H,(H2,23,26). The molecule has 2 aromatic carbocycles. The normalized spacial score (nSPS) is 11.2. The van der Waals surface area contributed by atoms with E-state index >= 15 is 0 Å². The second kappa shape index (κ2) is 6.31. The molecule has 0 saturated carbocycles. The average Bonchev–Trinajstić information content (AvgIpc) is 3.34. The highest BCUT2D eigenvalue weighted by Gasteiger charge is 2.11. The van der Waals surface area contributed by atoms with E-state index in [-0.39, 0.29) is 11.8 Å². The number of fused-ring (bicyclic) bond motifs is 1. The fraction of sp³-hybridized carbons (Fsp3) is 0. The summed E-state index contributed by atoms with van der Waals surface area (Å²) in [5, 5.41) is 7.63. The SMILES string of the molecule is Nc1nnc(-c2cccc(-c3cnc4cc(-c5ccc(F)cc5)ccn34)c2)o1. The van der Waals surface area contributed by atoms with Gasteiger partial charge in [0.05, 0.1) is 11.9 Å². The lowest BCUT2D eigenvalue weighted by atomic mass is 10.1. The molecule has 0 amide bonds. The Labute approximate surface area is 159 Å². The first-order valence-corrected chi connectivity index (χ1v) is 8.60. The summed E-state index contributed by atoms with van der Waals surface area (Å²) in [6, 6.07) is 18.1. The van der Waals surface area contributed by atoms with Crippen LogP contribution in [0.5, 0.6) is 0 Å². The quantitative estimate of drug-likeness (QED) is 0.507. The van der Waals surface area contributed by atoms with Gasteiger partial charge in [0.15, 0.2) is 0 Å². The summed E-state index contributed by atoms with van der Waals surface area (Å²) in [7, 11) is 0. The molecule has 0 saturated heterocycles. The summed E-state index contributed by atoms with van der Waals surface area (Å²) in [4.78, 5) is 4.52. The zero-order chi connectivity index (χ0) is 19.1. The van der Waals surface area contributed by atoms with Crippen LogP contribution in [0.4, 0.5) is 10.4 Å². The number of imidazole rings is 1. The van der Waals surface area contributed by atoms with Crippen LogP contribution in [0.2, 0.25) is 0 Å². The number of halogens is 1. The van der Waals surface area contributed by atoms with E-state index in [0.717, 1.165) is 33.6 Å². The molecule has 0 aliphatic rings. The Morgan fingerprint density at radius 1 is 0.857 bits per heavy atom. The lowest BCUT2D eigenvalue weighted by Crippen LogP contribution is -1.90. The molecule has 6 nitrogen and oxygen atoms in total. The maximum atomic E-state index is 13.2. The molecular formula is C21H14FN5O. The summed E-state index contributed by atoms with van der Waals surface area (Å²) in [5.74, 6) is 0.113. The second-order valence-electron chi connectivity index (χ2n) is 6.32. The molecule has 28 heavy (non-hydrogen) atoms. The third-order valence-corrected chi connectivity index (χ3v) is 4.54. The highest BCUT2D eigenvalue weighted by Crippen LogP contribution is 2.28. The van der Waals surface area contributed by atoms with Gasteiger partial charge in [-0.05, 0) is 47.5 Å². The van der Waals surface area contributed by atoms with Crippen molar-refractivity contribution >= 4 is 11.7 Å². The number of aromatic nitrogens is 4. The highest BCUT2D eigenvalue weighted by molar-refractivity contribution is 5.73. The van der Waals surface area contributed by atoms with Gasteiger partial charge < -0.3 is 10.2 Å². The van der Waals surface area contributed by atoms with Crippen molar-refractivity contribution in [3.8, 4) is 33.8 Å². The Kier molecular flexibility index (Phi) is 3.65. The van der Waals surface area contributed by atoms with E-state index < -0.39 is 0 Å². The molecule has 0 aliphatic carbocycles. The summed E-state index contributed by atoms with van der Waals surface area (Å²) >= 11 is 0. The van der Waals surface area contributed by atoms with E-state index in [4.69, 9.17) is 10.2 Å². The number of nitrogen functional groups attached to an aromatic ring is 1. The van der Waals surface area contributed by atoms with Crippen molar-refractivity contribution in [2.75, 3.05) is 5.73 Å². The molecule has 0 atom stereocenters. The summed E-state index contributed by atoms with van der Waals surface area (Å²) in [6.45, 7) is 0. The molecule has 5 rings (SSSR count). The lowest BCUT2D eigenvalue weighted by molar-refractivity contribution is 0.590. The van der Waals surface area contributed by atoms with Gasteiger partial charge in [0, 0.05) is 17.3 Å². The first-order chi connectivity index (χ1) is 13.7. The van der Waals surface area contributed by atoms with Crippen molar-refractivity contribution in [1.82, 2.24) is 19.6 Å². The van der Waals surface area contributed by atoms with Crippen LogP contribution < -0.4 is 5.73 Å². The zero-order valence-corrected chi connectivity index (χ0v) is 14.6. The number of rotatable bonds is 3. The van der Waals surface area contributed by atoms with Crippen LogP contribution in [0.1, 0.15) is 0 Å². The molecule has 2 N–H and O–H groups in total. The minimum absolute atomic E-state index is 0.0310. The number of nitrogens with two attached hydrogens (primary N) is 1. The Morgan fingerprint density at radius 3 is 2.46 bits per heavy atom. The van der Waals surface area contributed by atoms with Gasteiger partial charge in [0.25, 0.3) is 0 Å². The monoisotopic (exact) mass is 371 g/mol. The minimum atomic E-state index is -0.254. The third-order valence-electron chi connectivity index (χ3n) is 4.54. The lowest BCUT2D eigenvalue weighted by Gasteiger charge is -2.06. The molecule has 0 fully saturated rings. The average molecular weight is 371 g/mol. The van der Waals surface area contributed by atoms with Crippen molar-refractivity contribution < 1.29 is 8.81 Å². The van der Waals surface area contributed by atoms with E-state index in [0.29, 0.717) is 5.89 Å². The van der Waals surface area contributed by atoms with Crippen LogP contribution in [0.25, 0.3) is 39.5 Å². The van der Waals surface area contributed by atoms with Gasteiger partial charge in [-0.2, -0.15) is 0 Å². The van der Waals surface area contributed by atoms with Crippen LogP contribution in [0.3, 0.4) is 0 Å². The van der Waals surface area contributed by atoms with Gasteiger partial charge in [-0.1, -0.05) is 29.4 Å². The smallest absolute Gasteiger partial charge is 0.313 e. The maximum absolute atomic E-state index is 13.2. The van der Waals surface area contributed by atoms with Crippen molar-refractivity contribution in [2.24, 2.45) is 0 Å². The van der Waals surface area contributed by atoms with Gasteiger partial charge in [0.2, 0.25) is 5.89 Å². The number of nitrogens with zero attached hydrogens (tertiary/aromatic N) is 4. The molecule has 0 bridgehead atoms. The predicted octanol–water partition coefficient (Wildman–Crippen LogP) is 4.44. The molecule has 0 unspecified atom stereocenters. The Bertz CT molecular complexity index is 1290. The minimum Gasteiger partial charge on any atom is -0.404 e. The molecule has 0 radical (unpaired) electrons. The van der Waals surface area contributed by atoms with E-state index in [2.05, 4.69) is 15.2 Å². The first-order valence-electron chi connectivity index (χ1n) is 8.60. The van der Waals surface area contributed by atoms with Crippen LogP contribution in [-0.4, -0.2) is 19.6 Å². The Morgan fingerprint density at radius 2 is 1.68 bits per heavy atom. The summed E-state index contributed by atoms with van der Waals surface area (Å²) in [6.07, 6.45) is 3.76. The van der Waals surface area contributed by atoms with Gasteiger partial charge in [-0.15, -0.1) is 5.10 Å². The third kappa shape index (κ3) is 2.79. The van der Waals surface area contributed by atoms with Crippen molar-refractivity contribution in [3.05, 3.63) is 78.9 Å².